The van der Waals surface area contributed by atoms with E-state index in [0.717, 1.165) is 18.8 Å². The molecule has 1 unspecified atom stereocenters. The van der Waals surface area contributed by atoms with E-state index in [1.165, 1.54) is 6.42 Å². The zero-order chi connectivity index (χ0) is 7.98. The van der Waals surface area contributed by atoms with E-state index in [0.29, 0.717) is 0 Å². The van der Waals surface area contributed by atoms with Gasteiger partial charge < -0.3 is 5.73 Å². The molecule has 0 fully saturated rings. The van der Waals surface area contributed by atoms with Crippen molar-refractivity contribution in [3.8, 4) is 6.07 Å². The molecule has 0 aromatic rings. The Morgan fingerprint density at radius 3 is 2.40 bits per heavy atom. The van der Waals surface area contributed by atoms with Gasteiger partial charge in [0, 0.05) is 0 Å². The van der Waals surface area contributed by atoms with Gasteiger partial charge in [-0.05, 0) is 12.3 Å². The van der Waals surface area contributed by atoms with Gasteiger partial charge in [-0.2, -0.15) is 5.26 Å². The summed E-state index contributed by atoms with van der Waals surface area (Å²) in [5, 5.41) is 8.33. The predicted octanol–water partition coefficient (Wildman–Crippen LogP) is 1.66. The minimum atomic E-state index is -0.251. The van der Waals surface area contributed by atoms with E-state index in [-0.39, 0.29) is 6.04 Å². The molecule has 1 atom stereocenters. The maximum absolute atomic E-state index is 8.33. The van der Waals surface area contributed by atoms with Gasteiger partial charge in [-0.15, -0.1) is 0 Å². The lowest BCUT2D eigenvalue weighted by atomic mass is 10.0. The average Bonchev–Trinajstić information content (AvgIpc) is 1.87. The fourth-order valence-electron chi connectivity index (χ4n) is 0.811. The molecule has 0 aliphatic carbocycles. The summed E-state index contributed by atoms with van der Waals surface area (Å²) in [7, 11) is 0. The third kappa shape index (κ3) is 5.58. The van der Waals surface area contributed by atoms with Gasteiger partial charge in [-0.25, -0.2) is 0 Å². The van der Waals surface area contributed by atoms with Crippen LogP contribution in [0, 0.1) is 17.2 Å². The molecule has 0 aliphatic heterocycles. The van der Waals surface area contributed by atoms with Gasteiger partial charge in [0.25, 0.3) is 0 Å². The monoisotopic (exact) mass is 140 g/mol. The van der Waals surface area contributed by atoms with Gasteiger partial charge in [0.2, 0.25) is 0 Å². The number of hydrogen-bond acceptors (Lipinski definition) is 2. The van der Waals surface area contributed by atoms with Crippen LogP contribution in [0.1, 0.15) is 33.1 Å². The van der Waals surface area contributed by atoms with Crippen molar-refractivity contribution < 1.29 is 0 Å². The summed E-state index contributed by atoms with van der Waals surface area (Å²) in [5.74, 6) is 0.728. The highest BCUT2D eigenvalue weighted by atomic mass is 14.6. The summed E-state index contributed by atoms with van der Waals surface area (Å²) < 4.78 is 0. The van der Waals surface area contributed by atoms with Crippen LogP contribution in [-0.2, 0) is 0 Å². The molecule has 0 aliphatic rings. The van der Waals surface area contributed by atoms with E-state index in [1.54, 1.807) is 0 Å². The lowest BCUT2D eigenvalue weighted by Gasteiger charge is -2.04. The number of hydrogen-bond donors (Lipinski definition) is 1. The van der Waals surface area contributed by atoms with Crippen LogP contribution in [0.4, 0.5) is 0 Å². The number of nitrogens with zero attached hydrogens (tertiary/aromatic N) is 1. The largest absolute Gasteiger partial charge is 0.316 e. The van der Waals surface area contributed by atoms with Crippen LogP contribution in [0.15, 0.2) is 0 Å². The van der Waals surface area contributed by atoms with Gasteiger partial charge in [-0.3, -0.25) is 0 Å². The average molecular weight is 140 g/mol. The predicted molar refractivity (Wildman–Crippen MR) is 42.3 cm³/mol. The summed E-state index contributed by atoms with van der Waals surface area (Å²) in [6.45, 7) is 4.36. The van der Waals surface area contributed by atoms with Crippen molar-refractivity contribution in [1.29, 1.82) is 5.26 Å². The number of rotatable bonds is 4. The molecule has 2 heteroatoms. The molecule has 10 heavy (non-hydrogen) atoms. The molecule has 0 radical (unpaired) electrons. The van der Waals surface area contributed by atoms with Crippen LogP contribution >= 0.6 is 0 Å². The highest BCUT2D eigenvalue weighted by Gasteiger charge is 1.99. The number of nitriles is 1. The minimum absolute atomic E-state index is 0.251. The van der Waals surface area contributed by atoms with Crippen molar-refractivity contribution in [2.45, 2.75) is 39.2 Å². The van der Waals surface area contributed by atoms with Gasteiger partial charge >= 0.3 is 0 Å². The second kappa shape index (κ2) is 5.25. The van der Waals surface area contributed by atoms with Crippen LogP contribution in [0.25, 0.3) is 0 Å². The lowest BCUT2D eigenvalue weighted by molar-refractivity contribution is 0.525. The van der Waals surface area contributed by atoms with E-state index in [9.17, 15) is 0 Å². The van der Waals surface area contributed by atoms with Crippen LogP contribution < -0.4 is 5.73 Å². The zero-order valence-corrected chi connectivity index (χ0v) is 6.80. The molecule has 0 aromatic carbocycles. The molecule has 2 nitrogen and oxygen atoms in total. The molecular formula is C8H16N2. The van der Waals surface area contributed by atoms with E-state index in [2.05, 4.69) is 13.8 Å². The quantitative estimate of drug-likeness (QED) is 0.645. The van der Waals surface area contributed by atoms with Crippen molar-refractivity contribution in [2.24, 2.45) is 11.7 Å². The summed E-state index contributed by atoms with van der Waals surface area (Å²) in [6, 6.07) is 1.77. The van der Waals surface area contributed by atoms with E-state index in [4.69, 9.17) is 11.0 Å². The van der Waals surface area contributed by atoms with Crippen LogP contribution in [0.3, 0.4) is 0 Å². The topological polar surface area (TPSA) is 49.8 Å². The van der Waals surface area contributed by atoms with Crippen molar-refractivity contribution in [2.75, 3.05) is 0 Å². The standard InChI is InChI=1S/C8H16N2/c1-7(2)4-3-5-8(10)6-9/h7-8H,3-5,10H2,1-2H3. The van der Waals surface area contributed by atoms with Gasteiger partial charge in [0.15, 0.2) is 0 Å². The van der Waals surface area contributed by atoms with E-state index < -0.39 is 0 Å². The molecule has 0 heterocycles. The third-order valence-electron chi connectivity index (χ3n) is 1.46. The minimum Gasteiger partial charge on any atom is -0.316 e. The first-order chi connectivity index (χ1) is 4.66. The summed E-state index contributed by atoms with van der Waals surface area (Å²) in [6.07, 6.45) is 3.09. The van der Waals surface area contributed by atoms with Crippen molar-refractivity contribution in [3.63, 3.8) is 0 Å². The lowest BCUT2D eigenvalue weighted by Crippen LogP contribution is -2.16. The van der Waals surface area contributed by atoms with Gasteiger partial charge in [-0.1, -0.05) is 26.7 Å². The summed E-state index contributed by atoms with van der Waals surface area (Å²) in [5.41, 5.74) is 5.40. The first-order valence-corrected chi connectivity index (χ1v) is 3.82. The molecule has 0 rings (SSSR count). The van der Waals surface area contributed by atoms with Gasteiger partial charge in [0.05, 0.1) is 12.1 Å². The van der Waals surface area contributed by atoms with Crippen LogP contribution in [0.5, 0.6) is 0 Å². The highest BCUT2D eigenvalue weighted by molar-refractivity contribution is 4.85. The Balaban J connectivity index is 3.13. The Kier molecular flexibility index (Phi) is 4.96. The molecule has 0 aromatic heterocycles. The molecule has 0 saturated carbocycles. The molecule has 0 spiro atoms. The number of nitrogens with two attached hydrogens (primary N) is 1. The summed E-state index contributed by atoms with van der Waals surface area (Å²) in [4.78, 5) is 0. The normalized spacial score (nSPS) is 13.1. The second-order valence-electron chi connectivity index (χ2n) is 3.06. The maximum atomic E-state index is 8.33. The fraction of sp³-hybridized carbons (Fsp3) is 0.875. The summed E-state index contributed by atoms with van der Waals surface area (Å²) >= 11 is 0. The second-order valence-corrected chi connectivity index (χ2v) is 3.06. The van der Waals surface area contributed by atoms with Crippen LogP contribution in [-0.4, -0.2) is 6.04 Å². The first kappa shape index (κ1) is 9.45. The SMILES string of the molecule is CC(C)CCCC(N)C#N. The first-order valence-electron chi connectivity index (χ1n) is 3.82. The molecule has 0 amide bonds. The molecule has 0 bridgehead atoms. The third-order valence-corrected chi connectivity index (χ3v) is 1.46. The molecule has 58 valence electrons. The Bertz CT molecular complexity index is 113. The van der Waals surface area contributed by atoms with Crippen molar-refractivity contribution in [1.82, 2.24) is 0 Å². The van der Waals surface area contributed by atoms with Crippen LogP contribution in [0.2, 0.25) is 0 Å². The van der Waals surface area contributed by atoms with Crippen molar-refractivity contribution in [3.05, 3.63) is 0 Å². The Morgan fingerprint density at radius 1 is 1.40 bits per heavy atom. The molecular weight excluding hydrogens is 124 g/mol. The van der Waals surface area contributed by atoms with Gasteiger partial charge in [0.1, 0.15) is 0 Å². The fourth-order valence-corrected chi connectivity index (χ4v) is 0.811. The van der Waals surface area contributed by atoms with E-state index in [1.807, 2.05) is 6.07 Å². The Morgan fingerprint density at radius 2 is 2.00 bits per heavy atom. The van der Waals surface area contributed by atoms with E-state index >= 15 is 0 Å². The zero-order valence-electron chi connectivity index (χ0n) is 6.80. The van der Waals surface area contributed by atoms with Crippen molar-refractivity contribution >= 4 is 0 Å². The Hall–Kier alpha value is -0.550. The molecule has 2 N–H and O–H groups in total. The maximum Gasteiger partial charge on any atom is 0.0928 e. The Labute approximate surface area is 63.0 Å². The molecule has 0 saturated heterocycles. The highest BCUT2D eigenvalue weighted by Crippen LogP contribution is 2.06. The smallest absolute Gasteiger partial charge is 0.0928 e.